The van der Waals surface area contributed by atoms with Crippen molar-refractivity contribution < 1.29 is 9.94 Å². The van der Waals surface area contributed by atoms with E-state index in [9.17, 15) is 0 Å². The van der Waals surface area contributed by atoms with Crippen molar-refractivity contribution in [2.24, 2.45) is 10.9 Å². The molecule has 5 heteroatoms. The molecule has 110 valence electrons. The first-order chi connectivity index (χ1) is 9.52. The van der Waals surface area contributed by atoms with Crippen molar-refractivity contribution in [2.45, 2.75) is 31.9 Å². The molecule has 1 saturated heterocycles. The highest BCUT2D eigenvalue weighted by Gasteiger charge is 2.32. The molecule has 20 heavy (non-hydrogen) atoms. The van der Waals surface area contributed by atoms with Gasteiger partial charge in [-0.05, 0) is 19.4 Å². The lowest BCUT2D eigenvalue weighted by Crippen LogP contribution is -2.50. The number of nitrogens with zero attached hydrogens (tertiary/aromatic N) is 2. The summed E-state index contributed by atoms with van der Waals surface area (Å²) in [5.41, 5.74) is 6.73. The summed E-state index contributed by atoms with van der Waals surface area (Å²) < 4.78 is 5.76. The quantitative estimate of drug-likeness (QED) is 0.382. The average molecular weight is 277 g/mol. The lowest BCUT2D eigenvalue weighted by molar-refractivity contribution is -0.0970. The van der Waals surface area contributed by atoms with Gasteiger partial charge in [0.2, 0.25) is 0 Å². The largest absolute Gasteiger partial charge is 0.409 e. The second-order valence-electron chi connectivity index (χ2n) is 5.80. The summed E-state index contributed by atoms with van der Waals surface area (Å²) in [6, 6.07) is 10.3. The summed E-state index contributed by atoms with van der Waals surface area (Å²) in [5.74, 6) is 0.253. The molecular formula is C15H23N3O2. The minimum Gasteiger partial charge on any atom is -0.409 e. The monoisotopic (exact) mass is 277 g/mol. The van der Waals surface area contributed by atoms with Crippen LogP contribution in [0.15, 0.2) is 35.5 Å². The van der Waals surface area contributed by atoms with Gasteiger partial charge in [0.05, 0.1) is 12.2 Å². The van der Waals surface area contributed by atoms with E-state index in [1.165, 1.54) is 5.56 Å². The summed E-state index contributed by atoms with van der Waals surface area (Å²) in [6.07, 6.45) is 0.511. The Hall–Kier alpha value is -1.59. The molecule has 1 fully saturated rings. The molecule has 5 nitrogen and oxygen atoms in total. The van der Waals surface area contributed by atoms with Crippen molar-refractivity contribution in [1.82, 2.24) is 4.90 Å². The van der Waals surface area contributed by atoms with Crippen molar-refractivity contribution in [3.05, 3.63) is 35.9 Å². The molecule has 2 rings (SSSR count). The number of benzene rings is 1. The molecule has 0 bridgehead atoms. The number of morpholine rings is 1. The molecule has 3 N–H and O–H groups in total. The molecule has 0 radical (unpaired) electrons. The first kappa shape index (κ1) is 14.8. The van der Waals surface area contributed by atoms with E-state index in [-0.39, 0.29) is 17.5 Å². The first-order valence-corrected chi connectivity index (χ1v) is 6.91. The fourth-order valence-corrected chi connectivity index (χ4v) is 2.69. The smallest absolute Gasteiger partial charge is 0.141 e. The number of ether oxygens (including phenoxy) is 1. The van der Waals surface area contributed by atoms with Gasteiger partial charge in [0, 0.05) is 25.6 Å². The maximum Gasteiger partial charge on any atom is 0.141 e. The van der Waals surface area contributed by atoms with E-state index >= 15 is 0 Å². The average Bonchev–Trinajstić information content (AvgIpc) is 2.44. The normalized spacial score (nSPS) is 21.6. The molecule has 1 aromatic carbocycles. The number of nitrogens with two attached hydrogens (primary N) is 1. The highest BCUT2D eigenvalue weighted by Crippen LogP contribution is 2.29. The molecule has 1 aromatic rings. The summed E-state index contributed by atoms with van der Waals surface area (Å²) >= 11 is 0. The molecule has 1 heterocycles. The molecule has 0 spiro atoms. The number of hydrogen-bond donors (Lipinski definition) is 2. The number of oxime groups is 1. The second kappa shape index (κ2) is 6.24. The molecule has 0 saturated carbocycles. The fourth-order valence-electron chi connectivity index (χ4n) is 2.69. The Morgan fingerprint density at radius 2 is 2.15 bits per heavy atom. The third-order valence-electron chi connectivity index (χ3n) is 3.61. The van der Waals surface area contributed by atoms with Gasteiger partial charge in [0.25, 0.3) is 0 Å². The van der Waals surface area contributed by atoms with Gasteiger partial charge >= 0.3 is 0 Å². The Morgan fingerprint density at radius 1 is 1.45 bits per heavy atom. The fraction of sp³-hybridized carbons (Fsp3) is 0.533. The Morgan fingerprint density at radius 3 is 2.75 bits per heavy atom. The predicted molar refractivity (Wildman–Crippen MR) is 78.8 cm³/mol. The number of hydrogen-bond acceptors (Lipinski definition) is 4. The molecule has 1 aliphatic heterocycles. The zero-order valence-corrected chi connectivity index (χ0v) is 12.1. The Labute approximate surface area is 120 Å². The van der Waals surface area contributed by atoms with Crippen LogP contribution in [-0.2, 0) is 4.74 Å². The van der Waals surface area contributed by atoms with E-state index in [4.69, 9.17) is 15.7 Å². The third kappa shape index (κ3) is 3.71. The van der Waals surface area contributed by atoms with Crippen LogP contribution in [0.25, 0.3) is 0 Å². The van der Waals surface area contributed by atoms with Gasteiger partial charge in [-0.1, -0.05) is 35.5 Å². The van der Waals surface area contributed by atoms with Crippen LogP contribution in [0.1, 0.15) is 31.9 Å². The van der Waals surface area contributed by atoms with E-state index in [1.807, 2.05) is 18.2 Å². The Balaban J connectivity index is 2.22. The van der Waals surface area contributed by atoms with Crippen LogP contribution in [0.4, 0.5) is 0 Å². The Bertz CT molecular complexity index is 459. The third-order valence-corrected chi connectivity index (χ3v) is 3.61. The van der Waals surface area contributed by atoms with Crippen LogP contribution in [-0.4, -0.2) is 41.2 Å². The van der Waals surface area contributed by atoms with E-state index in [0.717, 1.165) is 13.1 Å². The summed E-state index contributed by atoms with van der Waals surface area (Å²) in [5, 5.41) is 12.0. The van der Waals surface area contributed by atoms with Crippen LogP contribution in [0.2, 0.25) is 0 Å². The van der Waals surface area contributed by atoms with Gasteiger partial charge in [-0.2, -0.15) is 0 Å². The minimum absolute atomic E-state index is 0.107. The maximum atomic E-state index is 8.85. The number of amidine groups is 1. The zero-order valence-electron chi connectivity index (χ0n) is 12.1. The van der Waals surface area contributed by atoms with Crippen molar-refractivity contribution >= 4 is 5.84 Å². The lowest BCUT2D eigenvalue weighted by Gasteiger charge is -2.42. The molecule has 0 aromatic heterocycles. The van der Waals surface area contributed by atoms with Gasteiger partial charge in [-0.15, -0.1) is 0 Å². The van der Waals surface area contributed by atoms with Crippen LogP contribution < -0.4 is 5.73 Å². The Kier molecular flexibility index (Phi) is 4.62. The lowest BCUT2D eigenvalue weighted by atomic mass is 9.98. The molecule has 0 amide bonds. The van der Waals surface area contributed by atoms with Crippen LogP contribution >= 0.6 is 0 Å². The second-order valence-corrected chi connectivity index (χ2v) is 5.80. The molecule has 1 unspecified atom stereocenters. The zero-order chi connectivity index (χ0) is 14.6. The van der Waals surface area contributed by atoms with E-state index in [0.29, 0.717) is 13.0 Å². The standard InChI is InChI=1S/C15H23N3O2/c1-15(2)11-18(8-9-20-15)13(10-14(16)17-19)12-6-4-3-5-7-12/h3-7,13,19H,8-11H2,1-2H3,(H2,16,17). The van der Waals surface area contributed by atoms with Gasteiger partial charge in [0.15, 0.2) is 0 Å². The molecule has 1 atom stereocenters. The van der Waals surface area contributed by atoms with E-state index in [2.05, 4.69) is 36.0 Å². The van der Waals surface area contributed by atoms with Crippen molar-refractivity contribution in [3.63, 3.8) is 0 Å². The van der Waals surface area contributed by atoms with Gasteiger partial charge in [-0.25, -0.2) is 0 Å². The van der Waals surface area contributed by atoms with E-state index in [1.54, 1.807) is 0 Å². The van der Waals surface area contributed by atoms with Crippen LogP contribution in [0.5, 0.6) is 0 Å². The molecule has 1 aliphatic rings. The van der Waals surface area contributed by atoms with Crippen molar-refractivity contribution in [3.8, 4) is 0 Å². The van der Waals surface area contributed by atoms with Crippen molar-refractivity contribution in [1.29, 1.82) is 0 Å². The molecular weight excluding hydrogens is 254 g/mol. The highest BCUT2D eigenvalue weighted by atomic mass is 16.5. The highest BCUT2D eigenvalue weighted by molar-refractivity contribution is 5.80. The summed E-state index contributed by atoms with van der Waals surface area (Å²) in [4.78, 5) is 2.34. The van der Waals surface area contributed by atoms with Gasteiger partial charge in [-0.3, -0.25) is 4.90 Å². The van der Waals surface area contributed by atoms with E-state index < -0.39 is 0 Å². The summed E-state index contributed by atoms with van der Waals surface area (Å²) in [6.45, 7) is 6.55. The summed E-state index contributed by atoms with van der Waals surface area (Å²) in [7, 11) is 0. The maximum absolute atomic E-state index is 8.85. The predicted octanol–water partition coefficient (Wildman–Crippen LogP) is 1.98. The molecule has 0 aliphatic carbocycles. The van der Waals surface area contributed by atoms with Crippen LogP contribution in [0.3, 0.4) is 0 Å². The van der Waals surface area contributed by atoms with Crippen LogP contribution in [0, 0.1) is 0 Å². The number of rotatable bonds is 4. The van der Waals surface area contributed by atoms with Crippen molar-refractivity contribution in [2.75, 3.05) is 19.7 Å². The SMILES string of the molecule is CC1(C)CN(C(CC(N)=NO)c2ccccc2)CCO1. The minimum atomic E-state index is -0.170. The van der Waals surface area contributed by atoms with Gasteiger partial charge in [0.1, 0.15) is 5.84 Å². The first-order valence-electron chi connectivity index (χ1n) is 6.91. The topological polar surface area (TPSA) is 71.1 Å². The van der Waals surface area contributed by atoms with Gasteiger partial charge < -0.3 is 15.7 Å².